The van der Waals surface area contributed by atoms with E-state index in [1.165, 1.54) is 0 Å². The van der Waals surface area contributed by atoms with Gasteiger partial charge in [0.1, 0.15) is 5.60 Å². The molecule has 1 heterocycles. The van der Waals surface area contributed by atoms with Crippen molar-refractivity contribution < 1.29 is 19.4 Å². The molecule has 2 atom stereocenters. The molecular formula is C10H17N2O4-. The fraction of sp³-hybridized carbons (Fsp3) is 0.800. The number of carbonyl (C=O) groups is 2. The second-order valence-electron chi connectivity index (χ2n) is 4.96. The highest BCUT2D eigenvalue weighted by Gasteiger charge is 2.36. The van der Waals surface area contributed by atoms with Crippen LogP contribution in [-0.2, 0) is 9.53 Å². The molecule has 0 saturated carbocycles. The molecule has 1 saturated heterocycles. The normalized spacial score (nSPS) is 25.6. The van der Waals surface area contributed by atoms with E-state index in [0.29, 0.717) is 0 Å². The van der Waals surface area contributed by atoms with E-state index >= 15 is 0 Å². The standard InChI is InChI=1S/C10H18N2O4/c1-10(2,3)16-9(15)12-5-6(11)4-7(12)8(13)14/h6-7H,4-5,11H2,1-3H3,(H,13,14)/p-1/t6-,7+/m0/s1. The third-order valence-electron chi connectivity index (χ3n) is 2.23. The number of hydrogen-bond donors (Lipinski definition) is 1. The number of nitrogens with two attached hydrogens (primary N) is 1. The lowest BCUT2D eigenvalue weighted by Gasteiger charge is -2.28. The number of nitrogens with zero attached hydrogens (tertiary/aromatic N) is 1. The van der Waals surface area contributed by atoms with Crippen molar-refractivity contribution in [2.45, 2.75) is 44.9 Å². The molecule has 0 aromatic heterocycles. The first-order chi connectivity index (χ1) is 7.20. The summed E-state index contributed by atoms with van der Waals surface area (Å²) in [6.07, 6.45) is -0.448. The summed E-state index contributed by atoms with van der Waals surface area (Å²) in [5.41, 5.74) is 4.96. The molecule has 16 heavy (non-hydrogen) atoms. The van der Waals surface area contributed by atoms with Crippen molar-refractivity contribution in [3.8, 4) is 0 Å². The molecule has 0 unspecified atom stereocenters. The Morgan fingerprint density at radius 1 is 1.44 bits per heavy atom. The Kier molecular flexibility index (Phi) is 3.42. The summed E-state index contributed by atoms with van der Waals surface area (Å²) in [4.78, 5) is 23.6. The van der Waals surface area contributed by atoms with Crippen molar-refractivity contribution in [3.63, 3.8) is 0 Å². The van der Waals surface area contributed by atoms with Gasteiger partial charge in [0.15, 0.2) is 0 Å². The van der Waals surface area contributed by atoms with Crippen LogP contribution in [0.25, 0.3) is 0 Å². The molecule has 0 aromatic rings. The molecule has 1 rings (SSSR count). The summed E-state index contributed by atoms with van der Waals surface area (Å²) in [6, 6.07) is -1.32. The molecule has 0 aliphatic carbocycles. The zero-order chi connectivity index (χ0) is 12.5. The van der Waals surface area contributed by atoms with Crippen LogP contribution in [0.5, 0.6) is 0 Å². The van der Waals surface area contributed by atoms with Gasteiger partial charge in [0.2, 0.25) is 0 Å². The minimum atomic E-state index is -1.29. The third kappa shape index (κ3) is 3.10. The van der Waals surface area contributed by atoms with E-state index in [0.717, 1.165) is 4.90 Å². The average molecular weight is 229 g/mol. The summed E-state index contributed by atoms with van der Waals surface area (Å²) in [6.45, 7) is 5.34. The lowest BCUT2D eigenvalue weighted by atomic mass is 10.2. The van der Waals surface area contributed by atoms with E-state index in [4.69, 9.17) is 10.5 Å². The van der Waals surface area contributed by atoms with Crippen LogP contribution in [0.1, 0.15) is 27.2 Å². The van der Waals surface area contributed by atoms with Crippen molar-refractivity contribution in [2.24, 2.45) is 5.73 Å². The van der Waals surface area contributed by atoms with Crippen LogP contribution in [0.15, 0.2) is 0 Å². The van der Waals surface area contributed by atoms with Crippen molar-refractivity contribution in [1.82, 2.24) is 4.90 Å². The topological polar surface area (TPSA) is 95.7 Å². The van der Waals surface area contributed by atoms with Gasteiger partial charge in [-0.3, -0.25) is 4.90 Å². The van der Waals surface area contributed by atoms with Gasteiger partial charge >= 0.3 is 6.09 Å². The third-order valence-corrected chi connectivity index (χ3v) is 2.23. The Morgan fingerprint density at radius 3 is 2.44 bits per heavy atom. The predicted molar refractivity (Wildman–Crippen MR) is 54.3 cm³/mol. The van der Waals surface area contributed by atoms with E-state index in [1.807, 2.05) is 0 Å². The molecule has 2 N–H and O–H groups in total. The Morgan fingerprint density at radius 2 is 2.00 bits per heavy atom. The lowest BCUT2D eigenvalue weighted by molar-refractivity contribution is -0.310. The van der Waals surface area contributed by atoms with E-state index < -0.39 is 23.7 Å². The van der Waals surface area contributed by atoms with Crippen LogP contribution in [0, 0.1) is 0 Å². The molecule has 1 amide bonds. The summed E-state index contributed by atoms with van der Waals surface area (Å²) >= 11 is 0. The molecule has 1 aliphatic rings. The molecule has 0 spiro atoms. The van der Waals surface area contributed by atoms with Crippen LogP contribution in [0.2, 0.25) is 0 Å². The van der Waals surface area contributed by atoms with Gasteiger partial charge in [-0.15, -0.1) is 0 Å². The molecule has 0 aromatic carbocycles. The van der Waals surface area contributed by atoms with Crippen LogP contribution in [0.4, 0.5) is 4.79 Å². The van der Waals surface area contributed by atoms with Crippen LogP contribution in [-0.4, -0.2) is 41.2 Å². The average Bonchev–Trinajstić information content (AvgIpc) is 2.44. The Bertz CT molecular complexity index is 298. The Balaban J connectivity index is 2.71. The van der Waals surface area contributed by atoms with Crippen LogP contribution < -0.4 is 10.8 Å². The van der Waals surface area contributed by atoms with Crippen molar-refractivity contribution in [2.75, 3.05) is 6.54 Å². The van der Waals surface area contributed by atoms with Crippen LogP contribution in [0.3, 0.4) is 0 Å². The minimum Gasteiger partial charge on any atom is -0.548 e. The predicted octanol–water partition coefficient (Wildman–Crippen LogP) is -0.927. The zero-order valence-electron chi connectivity index (χ0n) is 9.73. The van der Waals surface area contributed by atoms with E-state index in [-0.39, 0.29) is 19.0 Å². The van der Waals surface area contributed by atoms with Gasteiger partial charge in [-0.05, 0) is 27.2 Å². The SMILES string of the molecule is CC(C)(C)OC(=O)N1C[C@@H](N)C[C@@H]1C(=O)[O-]. The summed E-state index contributed by atoms with van der Waals surface area (Å²) in [5.74, 6) is -1.29. The number of amides is 1. The number of likely N-dealkylation sites (tertiary alicyclic amines) is 1. The molecule has 92 valence electrons. The molecule has 6 nitrogen and oxygen atoms in total. The number of ether oxygens (including phenoxy) is 1. The van der Waals surface area contributed by atoms with Gasteiger partial charge in [0.25, 0.3) is 0 Å². The van der Waals surface area contributed by atoms with E-state index in [1.54, 1.807) is 20.8 Å². The zero-order valence-corrected chi connectivity index (χ0v) is 9.73. The largest absolute Gasteiger partial charge is 0.548 e. The molecule has 0 bridgehead atoms. The van der Waals surface area contributed by atoms with Gasteiger partial charge in [-0.25, -0.2) is 4.79 Å². The van der Waals surface area contributed by atoms with Gasteiger partial charge < -0.3 is 20.4 Å². The van der Waals surface area contributed by atoms with E-state index in [9.17, 15) is 14.7 Å². The lowest BCUT2D eigenvalue weighted by Crippen LogP contribution is -2.48. The number of aliphatic carboxylic acids is 1. The molecule has 1 fully saturated rings. The molecule has 0 radical (unpaired) electrons. The fourth-order valence-electron chi connectivity index (χ4n) is 1.61. The summed E-state index contributed by atoms with van der Waals surface area (Å²) < 4.78 is 5.09. The quantitative estimate of drug-likeness (QED) is 0.627. The van der Waals surface area contributed by atoms with Crippen molar-refractivity contribution in [3.05, 3.63) is 0 Å². The van der Waals surface area contributed by atoms with Gasteiger partial charge in [-0.1, -0.05) is 0 Å². The first-order valence-corrected chi connectivity index (χ1v) is 5.17. The van der Waals surface area contributed by atoms with Gasteiger partial charge in [-0.2, -0.15) is 0 Å². The summed E-state index contributed by atoms with van der Waals surface area (Å²) in [7, 11) is 0. The maximum absolute atomic E-state index is 11.7. The number of rotatable bonds is 1. The first kappa shape index (κ1) is 12.8. The first-order valence-electron chi connectivity index (χ1n) is 5.17. The second kappa shape index (κ2) is 4.29. The van der Waals surface area contributed by atoms with Crippen molar-refractivity contribution in [1.29, 1.82) is 0 Å². The number of carboxylic acids is 1. The Labute approximate surface area is 94.3 Å². The molecule has 6 heteroatoms. The number of carbonyl (C=O) groups excluding carboxylic acids is 2. The van der Waals surface area contributed by atoms with Crippen LogP contribution >= 0.6 is 0 Å². The second-order valence-corrected chi connectivity index (χ2v) is 4.96. The number of hydrogen-bond acceptors (Lipinski definition) is 5. The highest BCUT2D eigenvalue weighted by Crippen LogP contribution is 2.19. The highest BCUT2D eigenvalue weighted by atomic mass is 16.6. The molecular weight excluding hydrogens is 212 g/mol. The fourth-order valence-corrected chi connectivity index (χ4v) is 1.61. The van der Waals surface area contributed by atoms with Crippen molar-refractivity contribution >= 4 is 12.1 Å². The smallest absolute Gasteiger partial charge is 0.410 e. The monoisotopic (exact) mass is 229 g/mol. The maximum Gasteiger partial charge on any atom is 0.410 e. The summed E-state index contributed by atoms with van der Waals surface area (Å²) in [5, 5.41) is 10.8. The van der Waals surface area contributed by atoms with Gasteiger partial charge in [0.05, 0.1) is 12.0 Å². The number of carboxylic acid groups (broad SMARTS) is 1. The highest BCUT2D eigenvalue weighted by molar-refractivity contribution is 5.79. The maximum atomic E-state index is 11.7. The molecule has 1 aliphatic heterocycles. The van der Waals surface area contributed by atoms with E-state index in [2.05, 4.69) is 0 Å². The Hall–Kier alpha value is -1.30. The van der Waals surface area contributed by atoms with Gasteiger partial charge in [0, 0.05) is 12.6 Å². The minimum absolute atomic E-state index is 0.188.